The van der Waals surface area contributed by atoms with Crippen LogP contribution in [0.5, 0.6) is 0 Å². The van der Waals surface area contributed by atoms with Crippen molar-refractivity contribution < 1.29 is 12.8 Å². The molecule has 0 spiro atoms. The van der Waals surface area contributed by atoms with E-state index in [1.54, 1.807) is 13.3 Å². The third kappa shape index (κ3) is 4.48. The molecule has 1 fully saturated rings. The second-order valence-electron chi connectivity index (χ2n) is 5.69. The predicted octanol–water partition coefficient (Wildman–Crippen LogP) is 0.234. The minimum atomic E-state index is -2.90. The molecule has 2 heterocycles. The fourth-order valence-electron chi connectivity index (χ4n) is 2.51. The standard InChI is InChI=1S/C14H24N4O3S/c1-15-14(17-11-6-8-22(19,20)10-11)16-9-12(18(2)3)13-5-4-7-21-13/h4-5,7,11-12H,6,8-10H2,1-3H3,(H2,15,16,17). The summed E-state index contributed by atoms with van der Waals surface area (Å²) in [6.07, 6.45) is 2.28. The van der Waals surface area contributed by atoms with E-state index in [1.807, 2.05) is 26.2 Å². The summed E-state index contributed by atoms with van der Waals surface area (Å²) < 4.78 is 28.5. The van der Waals surface area contributed by atoms with Crippen LogP contribution in [-0.4, -0.2) is 64.5 Å². The molecule has 0 aliphatic carbocycles. The Hall–Kier alpha value is -1.54. The van der Waals surface area contributed by atoms with Crippen molar-refractivity contribution in [3.8, 4) is 0 Å². The second kappa shape index (κ2) is 7.15. The summed E-state index contributed by atoms with van der Waals surface area (Å²) in [4.78, 5) is 6.22. The first-order valence-electron chi connectivity index (χ1n) is 7.28. The molecule has 0 amide bonds. The first-order valence-corrected chi connectivity index (χ1v) is 9.11. The molecule has 2 atom stereocenters. The summed E-state index contributed by atoms with van der Waals surface area (Å²) in [5, 5.41) is 6.41. The minimum absolute atomic E-state index is 0.0702. The molecule has 124 valence electrons. The molecule has 0 saturated carbocycles. The molecule has 1 aromatic heterocycles. The molecule has 2 unspecified atom stereocenters. The van der Waals surface area contributed by atoms with Crippen LogP contribution in [0.1, 0.15) is 18.2 Å². The molecule has 1 aliphatic heterocycles. The van der Waals surface area contributed by atoms with Gasteiger partial charge in [-0.15, -0.1) is 0 Å². The van der Waals surface area contributed by atoms with Crippen molar-refractivity contribution in [3.05, 3.63) is 24.2 Å². The third-order valence-electron chi connectivity index (χ3n) is 3.75. The van der Waals surface area contributed by atoms with Gasteiger partial charge < -0.3 is 15.1 Å². The van der Waals surface area contributed by atoms with Crippen LogP contribution in [0.15, 0.2) is 27.8 Å². The van der Waals surface area contributed by atoms with Crippen molar-refractivity contribution in [3.63, 3.8) is 0 Å². The normalized spacial score (nSPS) is 22.7. The zero-order valence-electron chi connectivity index (χ0n) is 13.2. The van der Waals surface area contributed by atoms with Crippen molar-refractivity contribution in [2.45, 2.75) is 18.5 Å². The SMILES string of the molecule is CN=C(NCC(c1ccco1)N(C)C)NC1CCS(=O)(=O)C1. The Kier molecular flexibility index (Phi) is 5.47. The van der Waals surface area contributed by atoms with Gasteiger partial charge in [-0.1, -0.05) is 0 Å². The molecule has 7 nitrogen and oxygen atoms in total. The maximum Gasteiger partial charge on any atom is 0.191 e. The van der Waals surface area contributed by atoms with Gasteiger partial charge in [0.1, 0.15) is 5.76 Å². The van der Waals surface area contributed by atoms with Gasteiger partial charge in [0.25, 0.3) is 0 Å². The Bertz CT molecular complexity index is 596. The van der Waals surface area contributed by atoms with Gasteiger partial charge in [0.05, 0.1) is 23.8 Å². The molecule has 2 rings (SSSR count). The van der Waals surface area contributed by atoms with Gasteiger partial charge in [-0.05, 0) is 32.6 Å². The average molecular weight is 328 g/mol. The lowest BCUT2D eigenvalue weighted by atomic mass is 10.2. The van der Waals surface area contributed by atoms with E-state index in [0.29, 0.717) is 18.9 Å². The molecular weight excluding hydrogens is 304 g/mol. The van der Waals surface area contributed by atoms with Gasteiger partial charge in [0.15, 0.2) is 15.8 Å². The highest BCUT2D eigenvalue weighted by Crippen LogP contribution is 2.17. The van der Waals surface area contributed by atoms with Crippen LogP contribution >= 0.6 is 0 Å². The Morgan fingerprint density at radius 1 is 1.55 bits per heavy atom. The Labute approximate surface area is 131 Å². The number of guanidine groups is 1. The molecule has 1 aromatic rings. The van der Waals surface area contributed by atoms with E-state index in [9.17, 15) is 8.42 Å². The number of furan rings is 1. The van der Waals surface area contributed by atoms with Crippen molar-refractivity contribution in [2.24, 2.45) is 4.99 Å². The van der Waals surface area contributed by atoms with E-state index in [-0.39, 0.29) is 23.6 Å². The summed E-state index contributed by atoms with van der Waals surface area (Å²) in [6.45, 7) is 0.611. The van der Waals surface area contributed by atoms with Gasteiger partial charge in [0.2, 0.25) is 0 Å². The fourth-order valence-corrected chi connectivity index (χ4v) is 4.18. The van der Waals surface area contributed by atoms with Crippen LogP contribution in [0.25, 0.3) is 0 Å². The number of aliphatic imine (C=N–C) groups is 1. The van der Waals surface area contributed by atoms with Crippen molar-refractivity contribution in [1.29, 1.82) is 0 Å². The van der Waals surface area contributed by atoms with Crippen LogP contribution in [0.3, 0.4) is 0 Å². The Balaban J connectivity index is 1.90. The molecule has 1 saturated heterocycles. The lowest BCUT2D eigenvalue weighted by Gasteiger charge is -2.24. The number of nitrogens with one attached hydrogen (secondary N) is 2. The monoisotopic (exact) mass is 328 g/mol. The van der Waals surface area contributed by atoms with E-state index >= 15 is 0 Å². The fraction of sp³-hybridized carbons (Fsp3) is 0.643. The minimum Gasteiger partial charge on any atom is -0.468 e. The summed E-state index contributed by atoms with van der Waals surface area (Å²) in [5.41, 5.74) is 0. The molecular formula is C14H24N4O3S. The molecule has 0 aromatic carbocycles. The molecule has 0 bridgehead atoms. The third-order valence-corrected chi connectivity index (χ3v) is 5.52. The highest BCUT2D eigenvalue weighted by atomic mass is 32.2. The summed E-state index contributed by atoms with van der Waals surface area (Å²) in [7, 11) is 2.74. The van der Waals surface area contributed by atoms with Crippen molar-refractivity contribution >= 4 is 15.8 Å². The van der Waals surface area contributed by atoms with Crippen LogP contribution in [0, 0.1) is 0 Å². The molecule has 0 radical (unpaired) electrons. The van der Waals surface area contributed by atoms with Crippen LogP contribution < -0.4 is 10.6 Å². The number of hydrogen-bond donors (Lipinski definition) is 2. The maximum atomic E-state index is 11.5. The van der Waals surface area contributed by atoms with Crippen molar-refractivity contribution in [1.82, 2.24) is 15.5 Å². The Morgan fingerprint density at radius 3 is 2.82 bits per heavy atom. The highest BCUT2D eigenvalue weighted by molar-refractivity contribution is 7.91. The van der Waals surface area contributed by atoms with E-state index < -0.39 is 9.84 Å². The number of likely N-dealkylation sites (N-methyl/N-ethyl adjacent to an activating group) is 1. The van der Waals surface area contributed by atoms with Gasteiger partial charge in [0, 0.05) is 19.6 Å². The van der Waals surface area contributed by atoms with Gasteiger partial charge in [-0.2, -0.15) is 0 Å². The molecule has 1 aliphatic rings. The lowest BCUT2D eigenvalue weighted by molar-refractivity contribution is 0.258. The zero-order valence-corrected chi connectivity index (χ0v) is 14.1. The number of nitrogens with zero attached hydrogens (tertiary/aromatic N) is 2. The molecule has 8 heteroatoms. The van der Waals surface area contributed by atoms with Crippen LogP contribution in [0.2, 0.25) is 0 Å². The zero-order chi connectivity index (χ0) is 16.2. The van der Waals surface area contributed by atoms with E-state index in [2.05, 4.69) is 20.5 Å². The van der Waals surface area contributed by atoms with E-state index in [4.69, 9.17) is 4.42 Å². The Morgan fingerprint density at radius 2 is 2.32 bits per heavy atom. The first-order chi connectivity index (χ1) is 10.4. The lowest BCUT2D eigenvalue weighted by Crippen LogP contribution is -2.46. The van der Waals surface area contributed by atoms with E-state index in [0.717, 1.165) is 5.76 Å². The average Bonchev–Trinajstić information content (AvgIpc) is 3.07. The largest absolute Gasteiger partial charge is 0.468 e. The summed E-state index contributed by atoms with van der Waals surface area (Å²) in [5.74, 6) is 1.90. The van der Waals surface area contributed by atoms with Gasteiger partial charge in [-0.3, -0.25) is 9.89 Å². The predicted molar refractivity (Wildman–Crippen MR) is 86.7 cm³/mol. The topological polar surface area (TPSA) is 86.9 Å². The highest BCUT2D eigenvalue weighted by Gasteiger charge is 2.28. The van der Waals surface area contributed by atoms with Gasteiger partial charge in [-0.25, -0.2) is 8.42 Å². The van der Waals surface area contributed by atoms with Crippen LogP contribution in [0.4, 0.5) is 0 Å². The number of sulfone groups is 1. The second-order valence-corrected chi connectivity index (χ2v) is 7.92. The van der Waals surface area contributed by atoms with Crippen LogP contribution in [-0.2, 0) is 9.84 Å². The van der Waals surface area contributed by atoms with E-state index in [1.165, 1.54) is 0 Å². The number of hydrogen-bond acceptors (Lipinski definition) is 5. The first kappa shape index (κ1) is 16.8. The molecule has 2 N–H and O–H groups in total. The smallest absolute Gasteiger partial charge is 0.191 e. The molecule has 22 heavy (non-hydrogen) atoms. The maximum absolute atomic E-state index is 11.5. The quantitative estimate of drug-likeness (QED) is 0.594. The summed E-state index contributed by atoms with van der Waals surface area (Å²) in [6, 6.07) is 3.80. The summed E-state index contributed by atoms with van der Waals surface area (Å²) >= 11 is 0. The number of rotatable bonds is 5. The van der Waals surface area contributed by atoms with Crippen molar-refractivity contribution in [2.75, 3.05) is 39.2 Å². The van der Waals surface area contributed by atoms with Gasteiger partial charge >= 0.3 is 0 Å².